The zero-order valence-electron chi connectivity index (χ0n) is 18.6. The minimum absolute atomic E-state index is 0.00652. The highest BCUT2D eigenvalue weighted by Gasteiger charge is 2.30. The number of carboxylic acid groups (broad SMARTS) is 1. The summed E-state index contributed by atoms with van der Waals surface area (Å²) in [6.45, 7) is 7.66. The van der Waals surface area contributed by atoms with Crippen LogP contribution in [-0.4, -0.2) is 22.7 Å². The molecule has 0 spiro atoms. The standard InChI is InChI=1S/C24H24F3NO3S2/c1-13(2)22-21(28-23(33-22)16-5-7-17(8-6-16)24(25,26)27)15(4)32-18-9-10-19(14(3)11-18)31-12-20(29)30/h5-11,13,15H,12H2,1-4H3,(H,29,30). The number of aromatic nitrogens is 1. The maximum atomic E-state index is 12.9. The van der Waals surface area contributed by atoms with Gasteiger partial charge in [-0.25, -0.2) is 9.78 Å². The first-order valence-corrected chi connectivity index (χ1v) is 12.0. The maximum Gasteiger partial charge on any atom is 0.416 e. The molecule has 3 rings (SSSR count). The molecule has 0 saturated heterocycles. The van der Waals surface area contributed by atoms with Crippen LogP contribution in [0.3, 0.4) is 0 Å². The summed E-state index contributed by atoms with van der Waals surface area (Å²) in [4.78, 5) is 17.6. The van der Waals surface area contributed by atoms with Crippen LogP contribution in [-0.2, 0) is 11.0 Å². The Morgan fingerprint density at radius 2 is 1.82 bits per heavy atom. The van der Waals surface area contributed by atoms with E-state index < -0.39 is 24.3 Å². The van der Waals surface area contributed by atoms with Gasteiger partial charge in [0.1, 0.15) is 10.8 Å². The number of rotatable bonds is 8. The Kier molecular flexibility index (Phi) is 7.74. The summed E-state index contributed by atoms with van der Waals surface area (Å²) in [5.74, 6) is -0.289. The Morgan fingerprint density at radius 3 is 2.36 bits per heavy atom. The average Bonchev–Trinajstić information content (AvgIpc) is 3.18. The van der Waals surface area contributed by atoms with Gasteiger partial charge in [-0.15, -0.1) is 23.1 Å². The first-order chi connectivity index (χ1) is 15.5. The Labute approximate surface area is 198 Å². The van der Waals surface area contributed by atoms with E-state index >= 15 is 0 Å². The first-order valence-electron chi connectivity index (χ1n) is 10.3. The summed E-state index contributed by atoms with van der Waals surface area (Å²) >= 11 is 3.12. The van der Waals surface area contributed by atoms with Crippen molar-refractivity contribution in [3.8, 4) is 16.3 Å². The molecule has 1 N–H and O–H groups in total. The van der Waals surface area contributed by atoms with Gasteiger partial charge in [0.05, 0.1) is 16.5 Å². The fourth-order valence-corrected chi connectivity index (χ4v) is 5.56. The molecular formula is C24H24F3NO3S2. The van der Waals surface area contributed by atoms with Crippen LogP contribution >= 0.6 is 23.1 Å². The molecule has 0 saturated carbocycles. The minimum atomic E-state index is -4.37. The fraction of sp³-hybridized carbons (Fsp3) is 0.333. The first kappa shape index (κ1) is 25.1. The number of nitrogens with zero attached hydrogens (tertiary/aromatic N) is 1. The molecule has 1 atom stereocenters. The number of alkyl halides is 3. The lowest BCUT2D eigenvalue weighted by atomic mass is 10.1. The molecule has 4 nitrogen and oxygen atoms in total. The lowest BCUT2D eigenvalue weighted by molar-refractivity contribution is -0.139. The van der Waals surface area contributed by atoms with Gasteiger partial charge in [0, 0.05) is 15.3 Å². The van der Waals surface area contributed by atoms with Crippen molar-refractivity contribution < 1.29 is 27.8 Å². The van der Waals surface area contributed by atoms with Crippen molar-refractivity contribution in [3.63, 3.8) is 0 Å². The Morgan fingerprint density at radius 1 is 1.15 bits per heavy atom. The van der Waals surface area contributed by atoms with E-state index in [0.29, 0.717) is 16.3 Å². The number of thioether (sulfide) groups is 1. The number of aliphatic carboxylic acids is 1. The summed E-state index contributed by atoms with van der Waals surface area (Å²) < 4.78 is 44.0. The van der Waals surface area contributed by atoms with Gasteiger partial charge in [0.25, 0.3) is 0 Å². The Bertz CT molecular complexity index is 1120. The van der Waals surface area contributed by atoms with E-state index in [-0.39, 0.29) is 11.2 Å². The molecular weight excluding hydrogens is 471 g/mol. The van der Waals surface area contributed by atoms with Gasteiger partial charge in [0.15, 0.2) is 6.61 Å². The smallest absolute Gasteiger partial charge is 0.416 e. The van der Waals surface area contributed by atoms with Crippen LogP contribution in [0.15, 0.2) is 47.4 Å². The van der Waals surface area contributed by atoms with E-state index in [1.165, 1.54) is 23.5 Å². The summed E-state index contributed by atoms with van der Waals surface area (Å²) in [5, 5.41) is 9.49. The van der Waals surface area contributed by atoms with E-state index in [4.69, 9.17) is 14.8 Å². The van der Waals surface area contributed by atoms with E-state index in [2.05, 4.69) is 13.8 Å². The van der Waals surface area contributed by atoms with Gasteiger partial charge >= 0.3 is 12.1 Å². The summed E-state index contributed by atoms with van der Waals surface area (Å²) in [6, 6.07) is 10.7. The van der Waals surface area contributed by atoms with E-state index in [9.17, 15) is 18.0 Å². The predicted molar refractivity (Wildman–Crippen MR) is 125 cm³/mol. The molecule has 1 heterocycles. The lowest BCUT2D eigenvalue weighted by Gasteiger charge is -2.14. The predicted octanol–water partition coefficient (Wildman–Crippen LogP) is 7.58. The van der Waals surface area contributed by atoms with Crippen molar-refractivity contribution in [3.05, 3.63) is 64.2 Å². The number of carbonyl (C=O) groups is 1. The topological polar surface area (TPSA) is 59.4 Å². The zero-order chi connectivity index (χ0) is 24.3. The molecule has 0 aliphatic rings. The third kappa shape index (κ3) is 6.29. The van der Waals surface area contributed by atoms with Crippen LogP contribution in [0.1, 0.15) is 53.6 Å². The molecule has 0 radical (unpaired) electrons. The maximum absolute atomic E-state index is 12.9. The highest BCUT2D eigenvalue weighted by molar-refractivity contribution is 7.99. The fourth-order valence-electron chi connectivity index (χ4n) is 3.23. The number of hydrogen-bond acceptors (Lipinski definition) is 5. The molecule has 0 bridgehead atoms. The number of aryl methyl sites for hydroxylation is 1. The molecule has 0 aliphatic heterocycles. The summed E-state index contributed by atoms with van der Waals surface area (Å²) in [5.41, 5.74) is 1.73. The van der Waals surface area contributed by atoms with Crippen molar-refractivity contribution in [2.75, 3.05) is 6.61 Å². The number of hydrogen-bond donors (Lipinski definition) is 1. The van der Waals surface area contributed by atoms with E-state index in [1.807, 2.05) is 26.0 Å². The van der Waals surface area contributed by atoms with Gasteiger partial charge in [0.2, 0.25) is 0 Å². The van der Waals surface area contributed by atoms with Crippen molar-refractivity contribution in [1.82, 2.24) is 4.98 Å². The Hall–Kier alpha value is -2.52. The molecule has 176 valence electrons. The molecule has 0 fully saturated rings. The lowest BCUT2D eigenvalue weighted by Crippen LogP contribution is -2.10. The quantitative estimate of drug-likeness (QED) is 0.327. The highest BCUT2D eigenvalue weighted by atomic mass is 32.2. The third-order valence-electron chi connectivity index (χ3n) is 4.86. The normalized spacial score (nSPS) is 12.7. The van der Waals surface area contributed by atoms with Crippen molar-refractivity contribution in [2.24, 2.45) is 0 Å². The summed E-state index contributed by atoms with van der Waals surface area (Å²) in [7, 11) is 0. The van der Waals surface area contributed by atoms with Crippen LogP contribution in [0.25, 0.3) is 10.6 Å². The number of halogens is 3. The van der Waals surface area contributed by atoms with Crippen LogP contribution in [0.2, 0.25) is 0 Å². The minimum Gasteiger partial charge on any atom is -0.482 e. The van der Waals surface area contributed by atoms with Gasteiger partial charge in [-0.3, -0.25) is 0 Å². The van der Waals surface area contributed by atoms with Gasteiger partial charge in [-0.05, 0) is 55.7 Å². The SMILES string of the molecule is Cc1cc(SC(C)c2nc(-c3ccc(C(F)(F)F)cc3)sc2C(C)C)ccc1OCC(=O)O. The summed E-state index contributed by atoms with van der Waals surface area (Å²) in [6.07, 6.45) is -4.37. The van der Waals surface area contributed by atoms with Crippen LogP contribution in [0, 0.1) is 6.92 Å². The molecule has 2 aromatic carbocycles. The van der Waals surface area contributed by atoms with Crippen molar-refractivity contribution in [2.45, 2.75) is 49.9 Å². The largest absolute Gasteiger partial charge is 0.482 e. The van der Waals surface area contributed by atoms with Gasteiger partial charge in [-0.1, -0.05) is 26.0 Å². The molecule has 0 amide bonds. The number of carboxylic acids is 1. The van der Waals surface area contributed by atoms with Crippen molar-refractivity contribution >= 4 is 29.1 Å². The second kappa shape index (κ2) is 10.2. The van der Waals surface area contributed by atoms with E-state index in [1.54, 1.807) is 17.8 Å². The highest BCUT2D eigenvalue weighted by Crippen LogP contribution is 2.43. The number of benzene rings is 2. The zero-order valence-corrected chi connectivity index (χ0v) is 20.2. The van der Waals surface area contributed by atoms with Crippen LogP contribution < -0.4 is 4.74 Å². The van der Waals surface area contributed by atoms with Gasteiger partial charge < -0.3 is 9.84 Å². The molecule has 1 unspecified atom stereocenters. The number of ether oxygens (including phenoxy) is 1. The van der Waals surface area contributed by atoms with Crippen molar-refractivity contribution in [1.29, 1.82) is 0 Å². The second-order valence-electron chi connectivity index (χ2n) is 7.87. The monoisotopic (exact) mass is 495 g/mol. The van der Waals surface area contributed by atoms with Crippen LogP contribution in [0.5, 0.6) is 5.75 Å². The van der Waals surface area contributed by atoms with Crippen LogP contribution in [0.4, 0.5) is 13.2 Å². The second-order valence-corrected chi connectivity index (χ2v) is 10.3. The molecule has 9 heteroatoms. The number of thiazole rings is 1. The molecule has 0 aliphatic carbocycles. The molecule has 33 heavy (non-hydrogen) atoms. The average molecular weight is 496 g/mol. The Balaban J connectivity index is 1.83. The van der Waals surface area contributed by atoms with Gasteiger partial charge in [-0.2, -0.15) is 13.2 Å². The van der Waals surface area contributed by atoms with E-state index in [0.717, 1.165) is 33.2 Å². The third-order valence-corrected chi connectivity index (χ3v) is 7.38. The molecule has 3 aromatic rings. The molecule has 1 aromatic heterocycles.